The largest absolute Gasteiger partial charge is 0.490 e. The molecule has 1 N–H and O–H groups in total. The molecule has 0 aromatic heterocycles. The molecule has 1 atom stereocenters. The molecule has 0 heterocycles. The molecule has 6 nitrogen and oxygen atoms in total. The lowest BCUT2D eigenvalue weighted by atomic mass is 10.1. The van der Waals surface area contributed by atoms with E-state index in [1.807, 2.05) is 31.2 Å². The number of carbonyl (C=O) groups is 2. The minimum atomic E-state index is -0.945. The van der Waals surface area contributed by atoms with E-state index in [0.717, 1.165) is 19.3 Å². The average Bonchev–Trinajstić information content (AvgIpc) is 2.75. The van der Waals surface area contributed by atoms with Gasteiger partial charge in [-0.1, -0.05) is 32.4 Å². The summed E-state index contributed by atoms with van der Waals surface area (Å²) in [5.41, 5.74) is 2.14. The van der Waals surface area contributed by atoms with Crippen LogP contribution in [0.4, 0.5) is 5.69 Å². The van der Waals surface area contributed by atoms with E-state index in [4.69, 9.17) is 14.2 Å². The summed E-state index contributed by atoms with van der Waals surface area (Å²) in [5.74, 6) is 0.0801. The molecule has 0 aliphatic carbocycles. The van der Waals surface area contributed by atoms with E-state index in [1.54, 1.807) is 25.1 Å². The Morgan fingerprint density at radius 3 is 2.33 bits per heavy atom. The van der Waals surface area contributed by atoms with Crippen LogP contribution < -0.4 is 14.8 Å². The van der Waals surface area contributed by atoms with Gasteiger partial charge in [-0.15, -0.1) is 0 Å². The second-order valence-corrected chi connectivity index (χ2v) is 6.88. The number of anilines is 1. The number of rotatable bonds is 11. The summed E-state index contributed by atoms with van der Waals surface area (Å²) >= 11 is 0. The molecule has 162 valence electrons. The summed E-state index contributed by atoms with van der Waals surface area (Å²) in [5, 5.41) is 2.76. The Hall–Kier alpha value is -3.02. The van der Waals surface area contributed by atoms with Gasteiger partial charge in [0, 0.05) is 5.69 Å². The Morgan fingerprint density at radius 1 is 0.967 bits per heavy atom. The van der Waals surface area contributed by atoms with Crippen LogP contribution in [0.15, 0.2) is 42.5 Å². The number of amides is 1. The maximum absolute atomic E-state index is 12.5. The highest BCUT2D eigenvalue weighted by Crippen LogP contribution is 2.29. The molecule has 30 heavy (non-hydrogen) atoms. The molecule has 0 aliphatic heterocycles. The molecular weight excluding hydrogens is 382 g/mol. The van der Waals surface area contributed by atoms with Gasteiger partial charge in [0.25, 0.3) is 5.91 Å². The lowest BCUT2D eigenvalue weighted by Gasteiger charge is -2.15. The zero-order chi connectivity index (χ0) is 21.9. The molecular formula is C24H31NO5. The van der Waals surface area contributed by atoms with Crippen LogP contribution in [0.25, 0.3) is 0 Å². The molecule has 0 aliphatic rings. The van der Waals surface area contributed by atoms with Gasteiger partial charge in [0.1, 0.15) is 0 Å². The third-order valence-corrected chi connectivity index (χ3v) is 4.52. The highest BCUT2D eigenvalue weighted by molar-refractivity contribution is 5.97. The van der Waals surface area contributed by atoms with Gasteiger partial charge >= 0.3 is 5.97 Å². The number of aryl methyl sites for hydroxylation is 1. The predicted molar refractivity (Wildman–Crippen MR) is 117 cm³/mol. The van der Waals surface area contributed by atoms with E-state index < -0.39 is 18.0 Å². The molecule has 0 saturated heterocycles. The minimum absolute atomic E-state index is 0.299. The number of unbranched alkanes of at least 4 members (excludes halogenated alkanes) is 1. The second-order valence-electron chi connectivity index (χ2n) is 6.88. The number of hydrogen-bond acceptors (Lipinski definition) is 5. The molecule has 0 saturated carbocycles. The minimum Gasteiger partial charge on any atom is -0.490 e. The van der Waals surface area contributed by atoms with Gasteiger partial charge in [0.15, 0.2) is 17.6 Å². The van der Waals surface area contributed by atoms with Gasteiger partial charge in [0.2, 0.25) is 0 Å². The van der Waals surface area contributed by atoms with Crippen molar-refractivity contribution < 1.29 is 23.8 Å². The quantitative estimate of drug-likeness (QED) is 0.414. The van der Waals surface area contributed by atoms with Crippen LogP contribution >= 0.6 is 0 Å². The molecule has 1 amide bonds. The number of hydrogen-bond donors (Lipinski definition) is 1. The van der Waals surface area contributed by atoms with E-state index in [9.17, 15) is 9.59 Å². The summed E-state index contributed by atoms with van der Waals surface area (Å²) in [4.78, 5) is 24.9. The van der Waals surface area contributed by atoms with Gasteiger partial charge in [0.05, 0.1) is 18.8 Å². The molecule has 0 fully saturated rings. The summed E-state index contributed by atoms with van der Waals surface area (Å²) in [6.07, 6.45) is 1.94. The smallest absolute Gasteiger partial charge is 0.339 e. The Balaban J connectivity index is 2.00. The van der Waals surface area contributed by atoms with Gasteiger partial charge in [-0.2, -0.15) is 0 Å². The van der Waals surface area contributed by atoms with Crippen LogP contribution in [-0.4, -0.2) is 31.2 Å². The molecule has 0 unspecified atom stereocenters. The molecule has 0 spiro atoms. The highest BCUT2D eigenvalue weighted by atomic mass is 16.5. The zero-order valence-electron chi connectivity index (χ0n) is 18.2. The Labute approximate surface area is 178 Å². The van der Waals surface area contributed by atoms with Gasteiger partial charge in [-0.25, -0.2) is 4.79 Å². The van der Waals surface area contributed by atoms with Gasteiger partial charge < -0.3 is 19.5 Å². The second kappa shape index (κ2) is 11.9. The third kappa shape index (κ3) is 6.79. The molecule has 2 rings (SSSR count). The monoisotopic (exact) mass is 413 g/mol. The first-order chi connectivity index (χ1) is 14.5. The average molecular weight is 414 g/mol. The van der Waals surface area contributed by atoms with Crippen molar-refractivity contribution in [1.82, 2.24) is 0 Å². The van der Waals surface area contributed by atoms with Crippen molar-refractivity contribution in [1.29, 1.82) is 0 Å². The normalized spacial score (nSPS) is 11.5. The van der Waals surface area contributed by atoms with Crippen LogP contribution in [0, 0.1) is 0 Å². The lowest BCUT2D eigenvalue weighted by Crippen LogP contribution is -2.30. The number of benzene rings is 2. The predicted octanol–water partition coefficient (Wildman–Crippen LogP) is 5.01. The van der Waals surface area contributed by atoms with Crippen LogP contribution in [0.2, 0.25) is 0 Å². The number of carbonyl (C=O) groups excluding carboxylic acids is 2. The number of esters is 1. The standard InChI is InChI=1S/C24H31NO5/c1-5-8-15-29-21-14-11-19(16-22(21)28-7-3)24(27)30-17(4)23(26)25-20-12-9-18(6-2)10-13-20/h9-14,16-17H,5-8,15H2,1-4H3,(H,25,26)/t17-/m1/s1. The van der Waals surface area contributed by atoms with Crippen molar-refractivity contribution in [2.24, 2.45) is 0 Å². The van der Waals surface area contributed by atoms with Crippen molar-refractivity contribution in [2.75, 3.05) is 18.5 Å². The lowest BCUT2D eigenvalue weighted by molar-refractivity contribution is -0.123. The van der Waals surface area contributed by atoms with Crippen molar-refractivity contribution in [3.8, 4) is 11.5 Å². The molecule has 0 bridgehead atoms. The summed E-state index contributed by atoms with van der Waals surface area (Å²) in [6, 6.07) is 12.4. The summed E-state index contributed by atoms with van der Waals surface area (Å²) in [7, 11) is 0. The zero-order valence-corrected chi connectivity index (χ0v) is 18.2. The van der Waals surface area contributed by atoms with Crippen LogP contribution in [0.1, 0.15) is 56.5 Å². The summed E-state index contributed by atoms with van der Waals surface area (Å²) in [6.45, 7) is 8.58. The van der Waals surface area contributed by atoms with E-state index in [1.165, 1.54) is 5.56 Å². The van der Waals surface area contributed by atoms with Crippen LogP contribution in [-0.2, 0) is 16.0 Å². The van der Waals surface area contributed by atoms with E-state index in [2.05, 4.69) is 19.2 Å². The van der Waals surface area contributed by atoms with Crippen molar-refractivity contribution in [3.63, 3.8) is 0 Å². The van der Waals surface area contributed by atoms with Crippen molar-refractivity contribution in [2.45, 2.75) is 53.1 Å². The maximum atomic E-state index is 12.5. The highest BCUT2D eigenvalue weighted by Gasteiger charge is 2.20. The van der Waals surface area contributed by atoms with Crippen LogP contribution in [0.3, 0.4) is 0 Å². The molecule has 2 aromatic carbocycles. The summed E-state index contributed by atoms with van der Waals surface area (Å²) < 4.78 is 16.7. The fourth-order valence-electron chi connectivity index (χ4n) is 2.70. The first-order valence-corrected chi connectivity index (χ1v) is 10.5. The SMILES string of the molecule is CCCCOc1ccc(C(=O)O[C@H](C)C(=O)Nc2ccc(CC)cc2)cc1OCC. The number of nitrogens with one attached hydrogen (secondary N) is 1. The van der Waals surface area contributed by atoms with E-state index >= 15 is 0 Å². The first kappa shape index (κ1) is 23.3. The fraction of sp³-hybridized carbons (Fsp3) is 0.417. The number of ether oxygens (including phenoxy) is 3. The first-order valence-electron chi connectivity index (χ1n) is 10.5. The molecule has 6 heteroatoms. The van der Waals surface area contributed by atoms with E-state index in [-0.39, 0.29) is 0 Å². The van der Waals surface area contributed by atoms with Crippen LogP contribution in [0.5, 0.6) is 11.5 Å². The van der Waals surface area contributed by atoms with Crippen molar-refractivity contribution >= 4 is 17.6 Å². The van der Waals surface area contributed by atoms with Gasteiger partial charge in [-0.05, 0) is 62.6 Å². The molecule has 2 aromatic rings. The Kier molecular flexibility index (Phi) is 9.19. The maximum Gasteiger partial charge on any atom is 0.339 e. The Bertz CT molecular complexity index is 832. The van der Waals surface area contributed by atoms with Gasteiger partial charge in [-0.3, -0.25) is 4.79 Å². The Morgan fingerprint density at radius 2 is 1.70 bits per heavy atom. The fourth-order valence-corrected chi connectivity index (χ4v) is 2.70. The topological polar surface area (TPSA) is 73.9 Å². The molecule has 0 radical (unpaired) electrons. The third-order valence-electron chi connectivity index (χ3n) is 4.52. The van der Waals surface area contributed by atoms with Crippen molar-refractivity contribution in [3.05, 3.63) is 53.6 Å². The van der Waals surface area contributed by atoms with E-state index in [0.29, 0.717) is 36.0 Å².